The highest BCUT2D eigenvalue weighted by molar-refractivity contribution is 7.15. The third kappa shape index (κ3) is 2.71. The molecule has 0 radical (unpaired) electrons. The van der Waals surface area contributed by atoms with Crippen LogP contribution in [0.4, 0.5) is 5.13 Å². The van der Waals surface area contributed by atoms with E-state index in [1.807, 2.05) is 18.4 Å². The van der Waals surface area contributed by atoms with Crippen LogP contribution in [0.1, 0.15) is 43.2 Å². The second-order valence-corrected chi connectivity index (χ2v) is 7.83. The molecule has 20 heavy (non-hydrogen) atoms. The molecule has 0 unspecified atom stereocenters. The fourth-order valence-corrected chi connectivity index (χ4v) is 4.04. The normalized spacial score (nSPS) is 23.3. The van der Waals surface area contributed by atoms with E-state index in [2.05, 4.69) is 36.0 Å². The summed E-state index contributed by atoms with van der Waals surface area (Å²) < 4.78 is 0. The maximum Gasteiger partial charge on any atom is 0.185 e. The van der Waals surface area contributed by atoms with E-state index in [-0.39, 0.29) is 5.54 Å². The summed E-state index contributed by atoms with van der Waals surface area (Å²) in [6.07, 6.45) is 2.65. The predicted octanol–water partition coefficient (Wildman–Crippen LogP) is 2.27. The highest BCUT2D eigenvalue weighted by atomic mass is 32.1. The average molecular weight is 294 g/mol. The second kappa shape index (κ2) is 5.28. The van der Waals surface area contributed by atoms with Crippen molar-refractivity contribution in [1.29, 1.82) is 0 Å². The number of hydrogen-bond donors (Lipinski definition) is 1. The molecule has 5 heteroatoms. The summed E-state index contributed by atoms with van der Waals surface area (Å²) in [7, 11) is 4.25. The van der Waals surface area contributed by atoms with Crippen molar-refractivity contribution in [3.8, 4) is 0 Å². The Morgan fingerprint density at radius 2 is 2.10 bits per heavy atom. The molecule has 112 valence electrons. The highest BCUT2D eigenvalue weighted by Gasteiger charge is 2.34. The molecule has 1 aliphatic carbocycles. The van der Waals surface area contributed by atoms with Gasteiger partial charge in [0.15, 0.2) is 5.13 Å². The molecule has 2 heterocycles. The van der Waals surface area contributed by atoms with Gasteiger partial charge in [-0.25, -0.2) is 4.98 Å². The van der Waals surface area contributed by atoms with E-state index in [1.54, 1.807) is 0 Å². The molecule has 0 atom stereocenters. The molecule has 3 rings (SSSR count). The zero-order valence-corrected chi connectivity index (χ0v) is 13.9. The van der Waals surface area contributed by atoms with E-state index in [4.69, 9.17) is 4.98 Å². The van der Waals surface area contributed by atoms with Crippen molar-refractivity contribution in [2.24, 2.45) is 0 Å². The fraction of sp³-hybridized carbons (Fsp3) is 0.800. The van der Waals surface area contributed by atoms with E-state index in [0.29, 0.717) is 0 Å². The van der Waals surface area contributed by atoms with Crippen LogP contribution in [0.25, 0.3) is 0 Å². The minimum absolute atomic E-state index is 0.229. The van der Waals surface area contributed by atoms with E-state index in [9.17, 15) is 0 Å². The summed E-state index contributed by atoms with van der Waals surface area (Å²) in [6.45, 7) is 8.89. The zero-order valence-electron chi connectivity index (χ0n) is 13.1. The van der Waals surface area contributed by atoms with Gasteiger partial charge in [-0.05, 0) is 40.8 Å². The van der Waals surface area contributed by atoms with Gasteiger partial charge in [0.25, 0.3) is 0 Å². The van der Waals surface area contributed by atoms with Crippen LogP contribution in [-0.2, 0) is 6.54 Å². The monoisotopic (exact) mass is 294 g/mol. The second-order valence-electron chi connectivity index (χ2n) is 6.77. The van der Waals surface area contributed by atoms with Gasteiger partial charge in [-0.15, -0.1) is 11.3 Å². The summed E-state index contributed by atoms with van der Waals surface area (Å²) >= 11 is 1.89. The molecule has 0 spiro atoms. The van der Waals surface area contributed by atoms with Crippen molar-refractivity contribution in [3.05, 3.63) is 10.6 Å². The van der Waals surface area contributed by atoms with Crippen molar-refractivity contribution in [1.82, 2.24) is 15.2 Å². The van der Waals surface area contributed by atoms with Crippen LogP contribution in [0.15, 0.2) is 0 Å². The molecule has 2 aliphatic rings. The van der Waals surface area contributed by atoms with Crippen molar-refractivity contribution in [2.45, 2.75) is 44.7 Å². The Hall–Kier alpha value is -0.650. The van der Waals surface area contributed by atoms with Gasteiger partial charge in [0.1, 0.15) is 0 Å². The van der Waals surface area contributed by atoms with Crippen LogP contribution in [0.2, 0.25) is 0 Å². The highest BCUT2D eigenvalue weighted by Crippen LogP contribution is 2.44. The van der Waals surface area contributed by atoms with Gasteiger partial charge < -0.3 is 10.2 Å². The molecule has 0 aromatic carbocycles. The van der Waals surface area contributed by atoms with Crippen molar-refractivity contribution in [3.63, 3.8) is 0 Å². The zero-order chi connectivity index (χ0) is 14.3. The van der Waals surface area contributed by atoms with Crippen LogP contribution in [-0.4, -0.2) is 49.2 Å². The third-order valence-electron chi connectivity index (χ3n) is 4.60. The molecular weight excluding hydrogens is 268 g/mol. The van der Waals surface area contributed by atoms with Gasteiger partial charge in [0.05, 0.1) is 5.69 Å². The predicted molar refractivity (Wildman–Crippen MR) is 85.8 cm³/mol. The molecule has 1 aliphatic heterocycles. The number of piperazine rings is 1. The lowest BCUT2D eigenvalue weighted by Crippen LogP contribution is -2.57. The largest absolute Gasteiger partial charge is 0.345 e. The molecule has 2 fully saturated rings. The maximum absolute atomic E-state index is 4.99. The minimum atomic E-state index is 0.229. The quantitative estimate of drug-likeness (QED) is 0.923. The molecule has 1 saturated heterocycles. The van der Waals surface area contributed by atoms with Crippen LogP contribution in [0, 0.1) is 0 Å². The molecular formula is C15H26N4S. The SMILES string of the molecule is CNCc1sc(N2CCN(C)C(C)(C)C2)nc1C1CC1. The van der Waals surface area contributed by atoms with Gasteiger partial charge in [0, 0.05) is 42.5 Å². The Bertz CT molecular complexity index is 478. The van der Waals surface area contributed by atoms with Gasteiger partial charge in [-0.3, -0.25) is 4.90 Å². The summed E-state index contributed by atoms with van der Waals surface area (Å²) in [5.74, 6) is 0.740. The van der Waals surface area contributed by atoms with Gasteiger partial charge in [-0.1, -0.05) is 0 Å². The van der Waals surface area contributed by atoms with E-state index >= 15 is 0 Å². The number of aromatic nitrogens is 1. The minimum Gasteiger partial charge on any atom is -0.345 e. The smallest absolute Gasteiger partial charge is 0.185 e. The third-order valence-corrected chi connectivity index (χ3v) is 5.74. The molecule has 1 aromatic rings. The number of anilines is 1. The first-order valence-electron chi connectivity index (χ1n) is 7.61. The van der Waals surface area contributed by atoms with Crippen LogP contribution in [0.3, 0.4) is 0 Å². The van der Waals surface area contributed by atoms with E-state index in [0.717, 1.165) is 32.1 Å². The van der Waals surface area contributed by atoms with Gasteiger partial charge in [0.2, 0.25) is 0 Å². The number of nitrogens with zero attached hydrogens (tertiary/aromatic N) is 3. The average Bonchev–Trinajstić information content (AvgIpc) is 3.15. The lowest BCUT2D eigenvalue weighted by molar-refractivity contribution is 0.139. The van der Waals surface area contributed by atoms with Gasteiger partial charge in [-0.2, -0.15) is 0 Å². The molecule has 1 N–H and O–H groups in total. The summed E-state index contributed by atoms with van der Waals surface area (Å²) in [5, 5.41) is 4.52. The molecule has 4 nitrogen and oxygen atoms in total. The Morgan fingerprint density at radius 1 is 1.35 bits per heavy atom. The van der Waals surface area contributed by atoms with Gasteiger partial charge >= 0.3 is 0 Å². The van der Waals surface area contributed by atoms with Crippen molar-refractivity contribution < 1.29 is 0 Å². The lowest BCUT2D eigenvalue weighted by Gasteiger charge is -2.45. The van der Waals surface area contributed by atoms with Crippen LogP contribution in [0.5, 0.6) is 0 Å². The number of rotatable bonds is 4. The van der Waals surface area contributed by atoms with Crippen LogP contribution < -0.4 is 10.2 Å². The van der Waals surface area contributed by atoms with Crippen molar-refractivity contribution in [2.75, 3.05) is 38.6 Å². The Kier molecular flexibility index (Phi) is 3.77. The Balaban J connectivity index is 1.81. The fourth-order valence-electron chi connectivity index (χ4n) is 2.85. The first kappa shape index (κ1) is 14.3. The summed E-state index contributed by atoms with van der Waals surface area (Å²) in [4.78, 5) is 11.4. The maximum atomic E-state index is 4.99. The van der Waals surface area contributed by atoms with Crippen molar-refractivity contribution >= 4 is 16.5 Å². The van der Waals surface area contributed by atoms with E-state index < -0.39 is 0 Å². The molecule has 0 bridgehead atoms. The number of thiazole rings is 1. The first-order chi connectivity index (χ1) is 9.51. The van der Waals surface area contributed by atoms with Crippen LogP contribution >= 0.6 is 11.3 Å². The van der Waals surface area contributed by atoms with E-state index in [1.165, 1.54) is 28.5 Å². The first-order valence-corrected chi connectivity index (χ1v) is 8.43. The molecule has 1 aromatic heterocycles. The molecule has 0 amide bonds. The standard InChI is InChI=1S/C15H26N4S/c1-15(2)10-19(8-7-18(15)4)14-17-13(11-5-6-11)12(20-14)9-16-3/h11,16H,5-10H2,1-4H3. The Morgan fingerprint density at radius 3 is 2.70 bits per heavy atom. The Labute approximate surface area is 126 Å². The number of likely N-dealkylation sites (N-methyl/N-ethyl adjacent to an activating group) is 1. The number of nitrogens with one attached hydrogen (secondary N) is 1. The summed E-state index contributed by atoms with van der Waals surface area (Å²) in [5.41, 5.74) is 1.60. The lowest BCUT2D eigenvalue weighted by atomic mass is 10.0. The summed E-state index contributed by atoms with van der Waals surface area (Å²) in [6, 6.07) is 0. The number of hydrogen-bond acceptors (Lipinski definition) is 5. The topological polar surface area (TPSA) is 31.4 Å². The molecule has 1 saturated carbocycles.